The zero-order valence-corrected chi connectivity index (χ0v) is 12.8. The van der Waals surface area contributed by atoms with Gasteiger partial charge in [-0.2, -0.15) is 18.3 Å². The maximum Gasteiger partial charge on any atom is 0.416 e. The number of nitrogens with one attached hydrogen (secondary N) is 1. The highest BCUT2D eigenvalue weighted by Crippen LogP contribution is 2.33. The third kappa shape index (κ3) is 3.60. The van der Waals surface area contributed by atoms with Gasteiger partial charge in [0.25, 0.3) is 0 Å². The Bertz CT molecular complexity index is 787. The molecule has 1 heterocycles. The van der Waals surface area contributed by atoms with E-state index in [1.807, 2.05) is 0 Å². The summed E-state index contributed by atoms with van der Waals surface area (Å²) in [6, 6.07) is 3.72. The Morgan fingerprint density at radius 3 is 2.55 bits per heavy atom. The number of sulfonamides is 1. The van der Waals surface area contributed by atoms with Crippen molar-refractivity contribution in [3.05, 3.63) is 46.7 Å². The van der Waals surface area contributed by atoms with E-state index in [-0.39, 0.29) is 11.6 Å². The summed E-state index contributed by atoms with van der Waals surface area (Å²) in [4.78, 5) is -0.619. The van der Waals surface area contributed by atoms with Gasteiger partial charge in [-0.15, -0.1) is 0 Å². The van der Waals surface area contributed by atoms with Gasteiger partial charge in [-0.1, -0.05) is 11.6 Å². The van der Waals surface area contributed by atoms with Gasteiger partial charge in [0.15, 0.2) is 0 Å². The Labute approximate surface area is 129 Å². The van der Waals surface area contributed by atoms with Crippen LogP contribution in [0.25, 0.3) is 0 Å². The molecule has 0 aliphatic heterocycles. The Hall–Kier alpha value is -1.58. The third-order valence-electron chi connectivity index (χ3n) is 2.91. The predicted octanol–water partition coefficient (Wildman–Crippen LogP) is 2.57. The molecule has 1 aromatic heterocycles. The van der Waals surface area contributed by atoms with Crippen LogP contribution in [0.3, 0.4) is 0 Å². The van der Waals surface area contributed by atoms with Crippen molar-refractivity contribution in [1.29, 1.82) is 0 Å². The van der Waals surface area contributed by atoms with E-state index in [4.69, 9.17) is 11.6 Å². The van der Waals surface area contributed by atoms with E-state index in [1.165, 1.54) is 10.9 Å². The van der Waals surface area contributed by atoms with E-state index >= 15 is 0 Å². The first-order chi connectivity index (χ1) is 10.1. The quantitative estimate of drug-likeness (QED) is 0.918. The van der Waals surface area contributed by atoms with Crippen molar-refractivity contribution in [2.75, 3.05) is 0 Å². The van der Waals surface area contributed by atoms with Crippen LogP contribution in [0, 0.1) is 0 Å². The van der Waals surface area contributed by atoms with E-state index in [2.05, 4.69) is 9.82 Å². The topological polar surface area (TPSA) is 64.0 Å². The summed E-state index contributed by atoms with van der Waals surface area (Å²) < 4.78 is 66.0. The van der Waals surface area contributed by atoms with Crippen LogP contribution in [0.15, 0.2) is 35.4 Å². The SMILES string of the molecule is Cn1nccc1CNS(=O)(=O)c1cc(C(F)(F)F)ccc1Cl. The van der Waals surface area contributed by atoms with Gasteiger partial charge in [0.2, 0.25) is 10.0 Å². The van der Waals surface area contributed by atoms with Crippen LogP contribution < -0.4 is 4.72 Å². The molecule has 2 aromatic rings. The lowest BCUT2D eigenvalue weighted by Crippen LogP contribution is -2.25. The molecule has 1 aromatic carbocycles. The summed E-state index contributed by atoms with van der Waals surface area (Å²) in [5.74, 6) is 0. The van der Waals surface area contributed by atoms with Crippen LogP contribution in [-0.2, 0) is 29.8 Å². The van der Waals surface area contributed by atoms with Crippen molar-refractivity contribution >= 4 is 21.6 Å². The lowest BCUT2D eigenvalue weighted by Gasteiger charge is -2.12. The average molecular weight is 354 g/mol. The molecule has 0 saturated heterocycles. The normalized spacial score (nSPS) is 12.6. The standard InChI is InChI=1S/C12H11ClF3N3O2S/c1-19-9(4-5-17-19)7-18-22(20,21)11-6-8(12(14,15)16)2-3-10(11)13/h2-6,18H,7H2,1H3. The Morgan fingerprint density at radius 1 is 1.32 bits per heavy atom. The highest BCUT2D eigenvalue weighted by atomic mass is 35.5. The van der Waals surface area contributed by atoms with Gasteiger partial charge >= 0.3 is 6.18 Å². The average Bonchev–Trinajstić information content (AvgIpc) is 2.81. The van der Waals surface area contributed by atoms with Gasteiger partial charge in [0.1, 0.15) is 4.90 Å². The number of alkyl halides is 3. The molecule has 1 N–H and O–H groups in total. The smallest absolute Gasteiger partial charge is 0.271 e. The van der Waals surface area contributed by atoms with Crippen LogP contribution in [0.4, 0.5) is 13.2 Å². The maximum absolute atomic E-state index is 12.7. The molecule has 5 nitrogen and oxygen atoms in total. The highest BCUT2D eigenvalue weighted by molar-refractivity contribution is 7.89. The minimum atomic E-state index is -4.66. The number of benzene rings is 1. The molecule has 10 heteroatoms. The van der Waals surface area contributed by atoms with Gasteiger partial charge in [0, 0.05) is 13.2 Å². The minimum Gasteiger partial charge on any atom is -0.271 e. The number of hydrogen-bond donors (Lipinski definition) is 1. The monoisotopic (exact) mass is 353 g/mol. The molecular formula is C12H11ClF3N3O2S. The summed E-state index contributed by atoms with van der Waals surface area (Å²) in [5.41, 5.74) is -0.538. The fraction of sp³-hybridized carbons (Fsp3) is 0.250. The first-order valence-corrected chi connectivity index (χ1v) is 7.80. The highest BCUT2D eigenvalue weighted by Gasteiger charge is 2.32. The van der Waals surface area contributed by atoms with Crippen molar-refractivity contribution in [2.45, 2.75) is 17.6 Å². The molecular weight excluding hydrogens is 343 g/mol. The molecule has 0 spiro atoms. The summed E-state index contributed by atoms with van der Waals surface area (Å²) in [7, 11) is -2.58. The summed E-state index contributed by atoms with van der Waals surface area (Å²) in [6.45, 7) is -0.120. The lowest BCUT2D eigenvalue weighted by molar-refractivity contribution is -0.137. The zero-order valence-electron chi connectivity index (χ0n) is 11.2. The molecule has 0 amide bonds. The van der Waals surface area contributed by atoms with Crippen molar-refractivity contribution in [3.63, 3.8) is 0 Å². The molecule has 0 unspecified atom stereocenters. The van der Waals surface area contributed by atoms with Gasteiger partial charge in [-0.05, 0) is 24.3 Å². The lowest BCUT2D eigenvalue weighted by atomic mass is 10.2. The van der Waals surface area contributed by atoms with Gasteiger partial charge < -0.3 is 0 Å². The molecule has 0 aliphatic rings. The van der Waals surface area contributed by atoms with Crippen molar-refractivity contribution in [1.82, 2.24) is 14.5 Å². The predicted molar refractivity (Wildman–Crippen MR) is 73.7 cm³/mol. The van der Waals surface area contributed by atoms with Crippen LogP contribution in [0.5, 0.6) is 0 Å². The second kappa shape index (κ2) is 5.90. The molecule has 0 radical (unpaired) electrons. The fourth-order valence-corrected chi connectivity index (χ4v) is 3.23. The molecule has 22 heavy (non-hydrogen) atoms. The van der Waals surface area contributed by atoms with Crippen molar-refractivity contribution in [2.24, 2.45) is 7.05 Å². The van der Waals surface area contributed by atoms with Gasteiger partial charge in [0.05, 0.1) is 22.8 Å². The number of aryl methyl sites for hydroxylation is 1. The second-order valence-corrected chi connectivity index (χ2v) is 6.56. The largest absolute Gasteiger partial charge is 0.416 e. The van der Waals surface area contributed by atoms with E-state index in [1.54, 1.807) is 13.1 Å². The Morgan fingerprint density at radius 2 is 2.00 bits per heavy atom. The summed E-state index contributed by atoms with van der Waals surface area (Å²) in [5, 5.41) is 3.57. The second-order valence-electron chi connectivity index (χ2n) is 4.41. The number of aromatic nitrogens is 2. The molecule has 0 bridgehead atoms. The number of nitrogens with zero attached hydrogens (tertiary/aromatic N) is 2. The van der Waals surface area contributed by atoms with Crippen molar-refractivity contribution < 1.29 is 21.6 Å². The Balaban J connectivity index is 2.31. The van der Waals surface area contributed by atoms with Crippen LogP contribution in [-0.4, -0.2) is 18.2 Å². The zero-order chi connectivity index (χ0) is 16.5. The molecule has 0 aliphatic carbocycles. The number of halogens is 4. The van der Waals surface area contributed by atoms with Crippen molar-refractivity contribution in [3.8, 4) is 0 Å². The van der Waals surface area contributed by atoms with E-state index in [0.717, 1.165) is 12.1 Å². The van der Waals surface area contributed by atoms with E-state index in [9.17, 15) is 21.6 Å². The van der Waals surface area contributed by atoms with Gasteiger partial charge in [-0.3, -0.25) is 4.68 Å². The Kier molecular flexibility index (Phi) is 4.50. The first-order valence-electron chi connectivity index (χ1n) is 5.94. The molecule has 120 valence electrons. The molecule has 2 rings (SSSR count). The van der Waals surface area contributed by atoms with Gasteiger partial charge in [-0.25, -0.2) is 13.1 Å². The van der Waals surface area contributed by atoms with E-state index in [0.29, 0.717) is 11.8 Å². The van der Waals surface area contributed by atoms with E-state index < -0.39 is 26.7 Å². The maximum atomic E-state index is 12.7. The van der Waals surface area contributed by atoms with Crippen LogP contribution in [0.1, 0.15) is 11.3 Å². The minimum absolute atomic E-state index is 0.120. The molecule has 0 fully saturated rings. The fourth-order valence-electron chi connectivity index (χ4n) is 1.71. The summed E-state index contributed by atoms with van der Waals surface area (Å²) >= 11 is 5.72. The number of hydrogen-bond acceptors (Lipinski definition) is 3. The molecule has 0 saturated carbocycles. The third-order valence-corrected chi connectivity index (χ3v) is 4.80. The first kappa shape index (κ1) is 16.8. The number of rotatable bonds is 4. The van der Waals surface area contributed by atoms with Crippen LogP contribution >= 0.6 is 11.6 Å². The molecule has 0 atom stereocenters. The summed E-state index contributed by atoms with van der Waals surface area (Å²) in [6.07, 6.45) is -3.18. The van der Waals surface area contributed by atoms with Crippen LogP contribution in [0.2, 0.25) is 5.02 Å².